The molecule has 0 saturated heterocycles. The molecular formula is C13H21BrN2O. The van der Waals surface area contributed by atoms with Crippen molar-refractivity contribution in [3.63, 3.8) is 0 Å². The lowest BCUT2D eigenvalue weighted by molar-refractivity contribution is 0.367. The van der Waals surface area contributed by atoms with Crippen molar-refractivity contribution in [1.29, 1.82) is 0 Å². The predicted octanol–water partition coefficient (Wildman–Crippen LogP) is 3.40. The second-order valence-corrected chi connectivity index (χ2v) is 5.16. The molecule has 2 unspecified atom stereocenters. The Morgan fingerprint density at radius 3 is 2.65 bits per heavy atom. The molecule has 0 bridgehead atoms. The monoisotopic (exact) mass is 300 g/mol. The molecule has 3 nitrogen and oxygen atoms in total. The Morgan fingerprint density at radius 1 is 1.47 bits per heavy atom. The van der Waals surface area contributed by atoms with Crippen molar-refractivity contribution in [2.75, 3.05) is 7.11 Å². The lowest BCUT2D eigenvalue weighted by atomic mass is 9.91. The quantitative estimate of drug-likeness (QED) is 0.625. The summed E-state index contributed by atoms with van der Waals surface area (Å²) in [5.41, 5.74) is 4.09. The first-order valence-corrected chi connectivity index (χ1v) is 6.72. The first kappa shape index (κ1) is 14.5. The number of benzene rings is 1. The Bertz CT molecular complexity index is 357. The number of hydrogen-bond donors (Lipinski definition) is 2. The van der Waals surface area contributed by atoms with Gasteiger partial charge < -0.3 is 4.74 Å². The van der Waals surface area contributed by atoms with Crippen LogP contribution in [0, 0.1) is 5.92 Å². The minimum absolute atomic E-state index is 0.178. The fraction of sp³-hybridized carbons (Fsp3) is 0.538. The van der Waals surface area contributed by atoms with Gasteiger partial charge in [-0.1, -0.05) is 26.3 Å². The molecule has 17 heavy (non-hydrogen) atoms. The van der Waals surface area contributed by atoms with Gasteiger partial charge in [0.05, 0.1) is 11.6 Å². The zero-order chi connectivity index (χ0) is 12.8. The van der Waals surface area contributed by atoms with Gasteiger partial charge in [-0.2, -0.15) is 0 Å². The molecule has 0 amide bonds. The van der Waals surface area contributed by atoms with E-state index in [1.165, 1.54) is 5.56 Å². The maximum absolute atomic E-state index is 5.66. The van der Waals surface area contributed by atoms with Gasteiger partial charge in [0.2, 0.25) is 0 Å². The van der Waals surface area contributed by atoms with Crippen LogP contribution in [0.15, 0.2) is 22.7 Å². The predicted molar refractivity (Wildman–Crippen MR) is 74.8 cm³/mol. The van der Waals surface area contributed by atoms with Gasteiger partial charge in [-0.05, 0) is 46.0 Å². The molecule has 4 heteroatoms. The molecule has 96 valence electrons. The van der Waals surface area contributed by atoms with Crippen molar-refractivity contribution in [2.45, 2.75) is 32.7 Å². The summed E-state index contributed by atoms with van der Waals surface area (Å²) in [6, 6.07) is 6.26. The fourth-order valence-corrected chi connectivity index (χ4v) is 2.65. The zero-order valence-corrected chi connectivity index (χ0v) is 12.3. The summed E-state index contributed by atoms with van der Waals surface area (Å²) in [7, 11) is 1.66. The van der Waals surface area contributed by atoms with Gasteiger partial charge >= 0.3 is 0 Å². The van der Waals surface area contributed by atoms with Crippen molar-refractivity contribution in [2.24, 2.45) is 11.8 Å². The molecule has 0 aliphatic carbocycles. The summed E-state index contributed by atoms with van der Waals surface area (Å²) < 4.78 is 6.18. The normalized spacial score (nSPS) is 14.4. The number of hydrazine groups is 1. The van der Waals surface area contributed by atoms with Crippen molar-refractivity contribution in [3.8, 4) is 5.75 Å². The summed E-state index contributed by atoms with van der Waals surface area (Å²) in [4.78, 5) is 0. The van der Waals surface area contributed by atoms with Crippen LogP contribution in [0.3, 0.4) is 0 Å². The molecule has 0 spiro atoms. The van der Waals surface area contributed by atoms with Gasteiger partial charge in [0.15, 0.2) is 0 Å². The maximum Gasteiger partial charge on any atom is 0.133 e. The van der Waals surface area contributed by atoms with Gasteiger partial charge in [0.25, 0.3) is 0 Å². The van der Waals surface area contributed by atoms with Crippen molar-refractivity contribution < 1.29 is 4.74 Å². The number of halogens is 1. The Labute approximate surface area is 112 Å². The van der Waals surface area contributed by atoms with E-state index in [1.54, 1.807) is 7.11 Å². The van der Waals surface area contributed by atoms with Crippen LogP contribution < -0.4 is 16.0 Å². The fourth-order valence-electron chi connectivity index (χ4n) is 2.09. The molecule has 1 rings (SSSR count). The number of methoxy groups -OCH3 is 1. The Hall–Kier alpha value is -0.580. The van der Waals surface area contributed by atoms with E-state index in [1.807, 2.05) is 6.07 Å². The molecule has 0 radical (unpaired) electrons. The molecular weight excluding hydrogens is 280 g/mol. The van der Waals surface area contributed by atoms with E-state index in [4.69, 9.17) is 10.6 Å². The summed E-state index contributed by atoms with van der Waals surface area (Å²) >= 11 is 3.50. The molecule has 0 aliphatic rings. The van der Waals surface area contributed by atoms with Crippen molar-refractivity contribution in [3.05, 3.63) is 28.2 Å². The average molecular weight is 301 g/mol. The largest absolute Gasteiger partial charge is 0.496 e. The van der Waals surface area contributed by atoms with E-state index in [0.717, 1.165) is 23.1 Å². The highest BCUT2D eigenvalue weighted by Crippen LogP contribution is 2.31. The van der Waals surface area contributed by atoms with Gasteiger partial charge in [-0.25, -0.2) is 0 Å². The Balaban J connectivity index is 2.92. The molecule has 0 saturated carbocycles. The van der Waals surface area contributed by atoms with E-state index < -0.39 is 0 Å². The third-order valence-electron chi connectivity index (χ3n) is 3.03. The van der Waals surface area contributed by atoms with E-state index in [0.29, 0.717) is 5.92 Å². The first-order chi connectivity index (χ1) is 8.13. The second-order valence-electron chi connectivity index (χ2n) is 4.30. The molecule has 0 aliphatic heterocycles. The SMILES string of the molecule is CCCC(C)C(NN)c1ccc(OC)c(Br)c1. The molecule has 1 aromatic carbocycles. The Morgan fingerprint density at radius 2 is 2.18 bits per heavy atom. The van der Waals surface area contributed by atoms with Crippen molar-refractivity contribution in [1.82, 2.24) is 5.43 Å². The maximum atomic E-state index is 5.66. The highest BCUT2D eigenvalue weighted by atomic mass is 79.9. The summed E-state index contributed by atoms with van der Waals surface area (Å²) in [5.74, 6) is 7.01. The smallest absolute Gasteiger partial charge is 0.133 e. The van der Waals surface area contributed by atoms with E-state index in [9.17, 15) is 0 Å². The third kappa shape index (κ3) is 3.69. The molecule has 0 heterocycles. The van der Waals surface area contributed by atoms with Crippen LogP contribution in [0.1, 0.15) is 38.3 Å². The number of nitrogens with one attached hydrogen (secondary N) is 1. The lowest BCUT2D eigenvalue weighted by Crippen LogP contribution is -2.32. The van der Waals surface area contributed by atoms with Crippen LogP contribution >= 0.6 is 15.9 Å². The number of nitrogens with two attached hydrogens (primary N) is 1. The topological polar surface area (TPSA) is 47.3 Å². The summed E-state index contributed by atoms with van der Waals surface area (Å²) in [6.07, 6.45) is 2.31. The molecule has 0 aromatic heterocycles. The first-order valence-electron chi connectivity index (χ1n) is 5.93. The third-order valence-corrected chi connectivity index (χ3v) is 3.65. The van der Waals surface area contributed by atoms with Crippen LogP contribution in [0.2, 0.25) is 0 Å². The minimum Gasteiger partial charge on any atom is -0.496 e. The standard InChI is InChI=1S/C13H21BrN2O/c1-4-5-9(2)13(16-15)10-6-7-12(17-3)11(14)8-10/h6-9,13,16H,4-5,15H2,1-3H3. The van der Waals surface area contributed by atoms with Gasteiger partial charge in [-0.3, -0.25) is 11.3 Å². The summed E-state index contributed by atoms with van der Waals surface area (Å²) in [6.45, 7) is 4.40. The molecule has 1 aromatic rings. The van der Waals surface area contributed by atoms with Gasteiger partial charge in [-0.15, -0.1) is 0 Å². The van der Waals surface area contributed by atoms with Crippen LogP contribution in [0.4, 0.5) is 0 Å². The second kappa shape index (κ2) is 6.99. The van der Waals surface area contributed by atoms with Crippen LogP contribution in [0.5, 0.6) is 5.75 Å². The van der Waals surface area contributed by atoms with Crippen LogP contribution in [-0.2, 0) is 0 Å². The van der Waals surface area contributed by atoms with Gasteiger partial charge in [0.1, 0.15) is 5.75 Å². The van der Waals surface area contributed by atoms with Crippen molar-refractivity contribution >= 4 is 15.9 Å². The van der Waals surface area contributed by atoms with Gasteiger partial charge in [0, 0.05) is 6.04 Å². The lowest BCUT2D eigenvalue weighted by Gasteiger charge is -2.23. The molecule has 0 fully saturated rings. The minimum atomic E-state index is 0.178. The zero-order valence-electron chi connectivity index (χ0n) is 10.7. The highest BCUT2D eigenvalue weighted by Gasteiger charge is 2.18. The van der Waals surface area contributed by atoms with E-state index >= 15 is 0 Å². The molecule has 3 N–H and O–H groups in total. The van der Waals surface area contributed by atoms with E-state index in [2.05, 4.69) is 47.3 Å². The summed E-state index contributed by atoms with van der Waals surface area (Å²) in [5, 5.41) is 0. The number of rotatable bonds is 6. The molecule has 2 atom stereocenters. The van der Waals surface area contributed by atoms with Crippen LogP contribution in [-0.4, -0.2) is 7.11 Å². The average Bonchev–Trinajstić information content (AvgIpc) is 2.30. The Kier molecular flexibility index (Phi) is 5.95. The van der Waals surface area contributed by atoms with Crippen LogP contribution in [0.25, 0.3) is 0 Å². The number of hydrogen-bond acceptors (Lipinski definition) is 3. The van der Waals surface area contributed by atoms with E-state index in [-0.39, 0.29) is 6.04 Å². The number of ether oxygens (including phenoxy) is 1. The highest BCUT2D eigenvalue weighted by molar-refractivity contribution is 9.10.